The fraction of sp³-hybridized carbons (Fsp3) is 0.345. The van der Waals surface area contributed by atoms with Gasteiger partial charge in [-0.1, -0.05) is 44.2 Å². The standard InChI is InChI=1S/C25H30N2O4.C4H4O4/c1-3-14-9-16-11-18(12-17(16)10-15(14)4-2)26-13-23(29)19-6-8-22(28)24-20(19)5-7-21(27-24)25(30)31;5-3(6)1-2-4(7)8/h5-10,18,21,23,26-29H,3-4,11-13H2,1-2H3,(H,30,31);1-2H,(H,5,6)(H,7,8)/b;2-1-. The molecule has 39 heavy (non-hydrogen) atoms. The second kappa shape index (κ2) is 13.1. The number of aliphatic carboxylic acids is 3. The predicted octanol–water partition coefficient (Wildman–Crippen LogP) is 2.91. The SMILES string of the molecule is CCc1cc2c(cc1CC)CC(NCC(O)c1ccc(O)c3c1C=CC(C(=O)O)N3)C2.O=C(O)/C=C\C(=O)O. The van der Waals surface area contributed by atoms with Crippen LogP contribution in [0.1, 0.15) is 53.3 Å². The molecule has 7 N–H and O–H groups in total. The van der Waals surface area contributed by atoms with Gasteiger partial charge in [0.15, 0.2) is 0 Å². The minimum atomic E-state index is -1.26. The zero-order chi connectivity index (χ0) is 28.7. The fourth-order valence-electron chi connectivity index (χ4n) is 4.89. The van der Waals surface area contributed by atoms with Crippen molar-refractivity contribution in [2.24, 2.45) is 0 Å². The lowest BCUT2D eigenvalue weighted by molar-refractivity contribution is -0.137. The number of aliphatic hydroxyl groups is 1. The van der Waals surface area contributed by atoms with E-state index in [1.165, 1.54) is 34.4 Å². The van der Waals surface area contributed by atoms with Crippen molar-refractivity contribution in [2.45, 2.75) is 57.7 Å². The fourth-order valence-corrected chi connectivity index (χ4v) is 4.89. The number of phenolic OH excluding ortho intramolecular Hbond substituents is 1. The molecule has 0 amide bonds. The normalized spacial score (nSPS) is 16.5. The molecule has 2 aliphatic rings. The van der Waals surface area contributed by atoms with Gasteiger partial charge in [0.2, 0.25) is 0 Å². The summed E-state index contributed by atoms with van der Waals surface area (Å²) in [6.45, 7) is 4.78. The summed E-state index contributed by atoms with van der Waals surface area (Å²) in [5.41, 5.74) is 7.28. The lowest BCUT2D eigenvalue weighted by atomic mass is 9.95. The van der Waals surface area contributed by atoms with Crippen LogP contribution in [-0.4, -0.2) is 62.1 Å². The first kappa shape index (κ1) is 29.4. The predicted molar refractivity (Wildman–Crippen MR) is 146 cm³/mol. The summed E-state index contributed by atoms with van der Waals surface area (Å²) in [6.07, 6.45) is 7.52. The van der Waals surface area contributed by atoms with Crippen molar-refractivity contribution in [3.05, 3.63) is 75.9 Å². The van der Waals surface area contributed by atoms with E-state index in [-0.39, 0.29) is 11.8 Å². The van der Waals surface area contributed by atoms with Crippen LogP contribution in [0.2, 0.25) is 0 Å². The maximum Gasteiger partial charge on any atom is 0.330 e. The summed E-state index contributed by atoms with van der Waals surface area (Å²) in [5, 5.41) is 52.2. The molecule has 1 aliphatic carbocycles. The number of carboxylic acid groups (broad SMARTS) is 3. The number of carboxylic acids is 3. The molecule has 0 saturated heterocycles. The van der Waals surface area contributed by atoms with Crippen LogP contribution >= 0.6 is 0 Å². The molecule has 4 rings (SSSR count). The molecular weight excluding hydrogens is 504 g/mol. The lowest BCUT2D eigenvalue weighted by Gasteiger charge is -2.25. The van der Waals surface area contributed by atoms with E-state index in [2.05, 4.69) is 36.6 Å². The van der Waals surface area contributed by atoms with Crippen molar-refractivity contribution in [3.8, 4) is 5.75 Å². The van der Waals surface area contributed by atoms with E-state index in [1.54, 1.807) is 12.1 Å². The maximum absolute atomic E-state index is 11.3. The number of aliphatic hydroxyl groups excluding tert-OH is 1. The number of hydrogen-bond donors (Lipinski definition) is 7. The van der Waals surface area contributed by atoms with Crippen LogP contribution in [0.4, 0.5) is 5.69 Å². The molecule has 0 radical (unpaired) electrons. The second-order valence-corrected chi connectivity index (χ2v) is 9.42. The van der Waals surface area contributed by atoms with Gasteiger partial charge in [0.25, 0.3) is 0 Å². The van der Waals surface area contributed by atoms with E-state index < -0.39 is 30.1 Å². The Morgan fingerprint density at radius 1 is 1.00 bits per heavy atom. The van der Waals surface area contributed by atoms with Gasteiger partial charge in [0.05, 0.1) is 11.8 Å². The Kier molecular flexibility index (Phi) is 9.86. The quantitative estimate of drug-likeness (QED) is 0.186. The molecule has 0 saturated carbocycles. The second-order valence-electron chi connectivity index (χ2n) is 9.42. The molecular formula is C29H34N2O8. The van der Waals surface area contributed by atoms with Crippen LogP contribution in [0.5, 0.6) is 5.75 Å². The molecule has 2 atom stereocenters. The molecule has 208 valence electrons. The Morgan fingerprint density at radius 3 is 2.05 bits per heavy atom. The highest BCUT2D eigenvalue weighted by Crippen LogP contribution is 2.37. The number of aryl methyl sites for hydroxylation is 2. The van der Waals surface area contributed by atoms with Crippen molar-refractivity contribution in [1.82, 2.24) is 5.32 Å². The molecule has 0 aromatic heterocycles. The van der Waals surface area contributed by atoms with Crippen LogP contribution in [0, 0.1) is 0 Å². The van der Waals surface area contributed by atoms with Crippen LogP contribution < -0.4 is 10.6 Å². The first-order valence-corrected chi connectivity index (χ1v) is 12.8. The largest absolute Gasteiger partial charge is 0.506 e. The smallest absolute Gasteiger partial charge is 0.330 e. The van der Waals surface area contributed by atoms with Gasteiger partial charge >= 0.3 is 17.9 Å². The number of benzene rings is 2. The van der Waals surface area contributed by atoms with E-state index in [0.29, 0.717) is 35.5 Å². The van der Waals surface area contributed by atoms with Crippen molar-refractivity contribution in [1.29, 1.82) is 0 Å². The molecule has 0 fully saturated rings. The highest BCUT2D eigenvalue weighted by molar-refractivity contribution is 5.90. The maximum atomic E-state index is 11.3. The third-order valence-electron chi connectivity index (χ3n) is 6.82. The van der Waals surface area contributed by atoms with E-state index in [4.69, 9.17) is 10.2 Å². The van der Waals surface area contributed by atoms with E-state index in [1.807, 2.05) is 0 Å². The zero-order valence-electron chi connectivity index (χ0n) is 21.8. The van der Waals surface area contributed by atoms with Gasteiger partial charge < -0.3 is 36.2 Å². The van der Waals surface area contributed by atoms with Gasteiger partial charge in [0, 0.05) is 30.3 Å². The number of anilines is 1. The third-order valence-corrected chi connectivity index (χ3v) is 6.82. The molecule has 0 spiro atoms. The first-order valence-electron chi connectivity index (χ1n) is 12.8. The van der Waals surface area contributed by atoms with Crippen molar-refractivity contribution >= 4 is 29.7 Å². The third kappa shape index (κ3) is 7.46. The van der Waals surface area contributed by atoms with Gasteiger partial charge in [-0.05, 0) is 59.6 Å². The topological polar surface area (TPSA) is 176 Å². The zero-order valence-corrected chi connectivity index (χ0v) is 21.8. The highest BCUT2D eigenvalue weighted by atomic mass is 16.4. The number of rotatable bonds is 9. The average Bonchev–Trinajstić information content (AvgIpc) is 3.31. The van der Waals surface area contributed by atoms with Crippen LogP contribution in [0.3, 0.4) is 0 Å². The summed E-state index contributed by atoms with van der Waals surface area (Å²) >= 11 is 0. The summed E-state index contributed by atoms with van der Waals surface area (Å²) in [4.78, 5) is 30.4. The number of aromatic hydroxyl groups is 1. The van der Waals surface area contributed by atoms with E-state index in [9.17, 15) is 29.7 Å². The Labute approximate surface area is 226 Å². The molecule has 2 aromatic rings. The van der Waals surface area contributed by atoms with Crippen LogP contribution in [0.25, 0.3) is 6.08 Å². The van der Waals surface area contributed by atoms with Gasteiger partial charge in [-0.25, -0.2) is 14.4 Å². The monoisotopic (exact) mass is 538 g/mol. The Morgan fingerprint density at radius 2 is 1.56 bits per heavy atom. The van der Waals surface area contributed by atoms with Crippen LogP contribution in [-0.2, 0) is 40.1 Å². The lowest BCUT2D eigenvalue weighted by Crippen LogP contribution is -2.34. The number of hydrogen-bond acceptors (Lipinski definition) is 7. The van der Waals surface area contributed by atoms with Gasteiger partial charge in [0.1, 0.15) is 11.8 Å². The average molecular weight is 539 g/mol. The molecule has 1 aliphatic heterocycles. The summed E-state index contributed by atoms with van der Waals surface area (Å²) in [6, 6.07) is 7.25. The number of phenols is 1. The van der Waals surface area contributed by atoms with Gasteiger partial charge in [-0.2, -0.15) is 0 Å². The number of nitrogens with one attached hydrogen (secondary N) is 2. The highest BCUT2D eigenvalue weighted by Gasteiger charge is 2.27. The van der Waals surface area contributed by atoms with Crippen molar-refractivity contribution < 1.29 is 39.9 Å². The Balaban J connectivity index is 0.000000459. The van der Waals surface area contributed by atoms with Gasteiger partial charge in [-0.15, -0.1) is 0 Å². The summed E-state index contributed by atoms with van der Waals surface area (Å²) in [7, 11) is 0. The molecule has 10 nitrogen and oxygen atoms in total. The summed E-state index contributed by atoms with van der Waals surface area (Å²) < 4.78 is 0. The molecule has 1 heterocycles. The van der Waals surface area contributed by atoms with Crippen molar-refractivity contribution in [2.75, 3.05) is 11.9 Å². The van der Waals surface area contributed by atoms with E-state index >= 15 is 0 Å². The number of carbonyl (C=O) groups is 3. The van der Waals surface area contributed by atoms with Gasteiger partial charge in [-0.3, -0.25) is 0 Å². The Hall–Kier alpha value is -4.15. The minimum Gasteiger partial charge on any atom is -0.506 e. The minimum absolute atomic E-state index is 0.0285. The number of fused-ring (bicyclic) bond motifs is 2. The van der Waals surface area contributed by atoms with Crippen molar-refractivity contribution in [3.63, 3.8) is 0 Å². The summed E-state index contributed by atoms with van der Waals surface area (Å²) in [5.74, 6) is -3.56. The molecule has 2 unspecified atom stereocenters. The first-order chi connectivity index (χ1) is 18.5. The van der Waals surface area contributed by atoms with Crippen LogP contribution in [0.15, 0.2) is 42.5 Å². The molecule has 2 aromatic carbocycles. The van der Waals surface area contributed by atoms with E-state index in [0.717, 1.165) is 25.7 Å². The molecule has 0 bridgehead atoms. The Bertz CT molecular complexity index is 1250. The molecule has 10 heteroatoms.